The van der Waals surface area contributed by atoms with E-state index in [0.717, 1.165) is 31.9 Å². The molecule has 0 bridgehead atoms. The molecule has 1 aliphatic rings. The molecular weight excluding hydrogens is 266 g/mol. The fourth-order valence-corrected chi connectivity index (χ4v) is 2.50. The van der Waals surface area contributed by atoms with Gasteiger partial charge in [0.05, 0.1) is 13.2 Å². The van der Waals surface area contributed by atoms with Gasteiger partial charge in [0, 0.05) is 38.1 Å². The number of amides is 1. The molecule has 1 fully saturated rings. The van der Waals surface area contributed by atoms with Gasteiger partial charge in [-0.15, -0.1) is 0 Å². The van der Waals surface area contributed by atoms with E-state index in [1.807, 2.05) is 30.3 Å². The average Bonchev–Trinajstić information content (AvgIpc) is 2.54. The molecule has 0 aliphatic carbocycles. The number of nitrogens with one attached hydrogen (secondary N) is 1. The molecule has 0 aromatic heterocycles. The summed E-state index contributed by atoms with van der Waals surface area (Å²) in [6, 6.07) is 9.81. The van der Waals surface area contributed by atoms with Gasteiger partial charge >= 0.3 is 0 Å². The van der Waals surface area contributed by atoms with Crippen molar-refractivity contribution in [1.29, 1.82) is 0 Å². The van der Waals surface area contributed by atoms with E-state index in [1.54, 1.807) is 0 Å². The summed E-state index contributed by atoms with van der Waals surface area (Å²) in [5, 5.41) is 2.98. The first-order valence-electron chi connectivity index (χ1n) is 7.56. The number of carbonyl (C=O) groups is 1. The number of ether oxygens (including phenoxy) is 1. The van der Waals surface area contributed by atoms with Crippen LogP contribution in [0, 0.1) is 0 Å². The Hall–Kier alpha value is -1.43. The van der Waals surface area contributed by atoms with Crippen LogP contribution in [0.5, 0.6) is 0 Å². The summed E-state index contributed by atoms with van der Waals surface area (Å²) in [5.41, 5.74) is 7.05. The van der Waals surface area contributed by atoms with Crippen LogP contribution in [0.4, 0.5) is 0 Å². The van der Waals surface area contributed by atoms with E-state index in [0.29, 0.717) is 19.0 Å². The smallest absolute Gasteiger partial charge is 0.221 e. The van der Waals surface area contributed by atoms with E-state index in [2.05, 4.69) is 17.1 Å². The van der Waals surface area contributed by atoms with E-state index < -0.39 is 0 Å². The van der Waals surface area contributed by atoms with Gasteiger partial charge < -0.3 is 15.8 Å². The van der Waals surface area contributed by atoms with Crippen molar-refractivity contribution in [3.05, 3.63) is 35.9 Å². The lowest BCUT2D eigenvalue weighted by Gasteiger charge is -2.32. The van der Waals surface area contributed by atoms with Crippen LogP contribution in [0.2, 0.25) is 0 Å². The number of hydrogen-bond donors (Lipinski definition) is 2. The van der Waals surface area contributed by atoms with Crippen LogP contribution in [-0.4, -0.2) is 49.7 Å². The van der Waals surface area contributed by atoms with Gasteiger partial charge in [-0.3, -0.25) is 9.69 Å². The molecule has 1 aromatic carbocycles. The molecule has 1 amide bonds. The molecule has 2 rings (SSSR count). The van der Waals surface area contributed by atoms with Gasteiger partial charge in [0.2, 0.25) is 5.91 Å². The average molecular weight is 291 g/mol. The highest BCUT2D eigenvalue weighted by Crippen LogP contribution is 2.13. The molecule has 1 heterocycles. The zero-order valence-electron chi connectivity index (χ0n) is 12.6. The minimum absolute atomic E-state index is 0.00598. The number of rotatable bonds is 6. The Labute approximate surface area is 126 Å². The summed E-state index contributed by atoms with van der Waals surface area (Å²) >= 11 is 0. The number of hydrogen-bond acceptors (Lipinski definition) is 4. The largest absolute Gasteiger partial charge is 0.379 e. The molecule has 0 saturated carbocycles. The molecule has 5 heteroatoms. The predicted molar refractivity (Wildman–Crippen MR) is 82.9 cm³/mol. The molecular formula is C16H25N3O2. The zero-order chi connectivity index (χ0) is 15.1. The molecule has 0 spiro atoms. The third-order valence-corrected chi connectivity index (χ3v) is 3.90. The number of nitrogens with zero attached hydrogens (tertiary/aromatic N) is 1. The molecule has 1 saturated heterocycles. The first-order valence-corrected chi connectivity index (χ1v) is 7.56. The highest BCUT2D eigenvalue weighted by molar-refractivity contribution is 5.76. The number of benzene rings is 1. The van der Waals surface area contributed by atoms with Crippen LogP contribution in [0.15, 0.2) is 30.3 Å². The molecule has 21 heavy (non-hydrogen) atoms. The quantitative estimate of drug-likeness (QED) is 0.817. The van der Waals surface area contributed by atoms with Crippen molar-refractivity contribution >= 4 is 5.91 Å². The lowest BCUT2D eigenvalue weighted by Crippen LogP contribution is -2.47. The second kappa shape index (κ2) is 8.12. The Morgan fingerprint density at radius 2 is 2.00 bits per heavy atom. The Kier molecular flexibility index (Phi) is 6.17. The van der Waals surface area contributed by atoms with Crippen LogP contribution in [0.25, 0.3) is 0 Å². The molecule has 0 radical (unpaired) electrons. The maximum Gasteiger partial charge on any atom is 0.221 e. The minimum atomic E-state index is -0.245. The summed E-state index contributed by atoms with van der Waals surface area (Å²) in [6.07, 6.45) is 0.319. The summed E-state index contributed by atoms with van der Waals surface area (Å²) in [4.78, 5) is 14.3. The first kappa shape index (κ1) is 15.9. The summed E-state index contributed by atoms with van der Waals surface area (Å²) in [6.45, 7) is 6.19. The van der Waals surface area contributed by atoms with Gasteiger partial charge in [0.15, 0.2) is 0 Å². The topological polar surface area (TPSA) is 67.6 Å². The second-order valence-electron chi connectivity index (χ2n) is 5.52. The Bertz CT molecular complexity index is 432. The van der Waals surface area contributed by atoms with Gasteiger partial charge in [-0.25, -0.2) is 0 Å². The zero-order valence-corrected chi connectivity index (χ0v) is 12.6. The van der Waals surface area contributed by atoms with Crippen molar-refractivity contribution in [3.63, 3.8) is 0 Å². The first-order chi connectivity index (χ1) is 10.2. The van der Waals surface area contributed by atoms with E-state index >= 15 is 0 Å². The molecule has 116 valence electrons. The van der Waals surface area contributed by atoms with Gasteiger partial charge in [-0.05, 0) is 12.5 Å². The van der Waals surface area contributed by atoms with Crippen molar-refractivity contribution in [2.45, 2.75) is 25.4 Å². The summed E-state index contributed by atoms with van der Waals surface area (Å²) in [5.74, 6) is 0.00598. The maximum atomic E-state index is 12.0. The lowest BCUT2D eigenvalue weighted by molar-refractivity contribution is -0.121. The second-order valence-corrected chi connectivity index (χ2v) is 5.52. The third-order valence-electron chi connectivity index (χ3n) is 3.90. The Balaban J connectivity index is 1.71. The predicted octanol–water partition coefficient (Wildman–Crippen LogP) is 0.913. The molecule has 1 aromatic rings. The van der Waals surface area contributed by atoms with Gasteiger partial charge in [-0.2, -0.15) is 0 Å². The third kappa shape index (κ3) is 5.12. The van der Waals surface area contributed by atoms with Gasteiger partial charge in [0.1, 0.15) is 0 Å². The van der Waals surface area contributed by atoms with Crippen molar-refractivity contribution in [2.24, 2.45) is 5.73 Å². The van der Waals surface area contributed by atoms with Gasteiger partial charge in [0.25, 0.3) is 0 Å². The number of morpholine rings is 1. The standard InChI is InChI=1S/C16H25N3O2/c1-13(19-7-9-21-10-8-19)12-18-16(20)11-15(17)14-5-3-2-4-6-14/h2-6,13,15H,7-12,17H2,1H3,(H,18,20). The molecule has 2 unspecified atom stereocenters. The van der Waals surface area contributed by atoms with Crippen LogP contribution >= 0.6 is 0 Å². The van der Waals surface area contributed by atoms with Crippen molar-refractivity contribution in [3.8, 4) is 0 Å². The molecule has 5 nitrogen and oxygen atoms in total. The van der Waals surface area contributed by atoms with Crippen molar-refractivity contribution in [1.82, 2.24) is 10.2 Å². The van der Waals surface area contributed by atoms with Crippen molar-refractivity contribution in [2.75, 3.05) is 32.8 Å². The van der Waals surface area contributed by atoms with E-state index in [1.165, 1.54) is 0 Å². The number of nitrogens with two attached hydrogens (primary N) is 1. The van der Waals surface area contributed by atoms with E-state index in [4.69, 9.17) is 10.5 Å². The number of carbonyl (C=O) groups excluding carboxylic acids is 1. The van der Waals surface area contributed by atoms with E-state index in [9.17, 15) is 4.79 Å². The van der Waals surface area contributed by atoms with Crippen LogP contribution in [0.3, 0.4) is 0 Å². The Morgan fingerprint density at radius 1 is 1.33 bits per heavy atom. The Morgan fingerprint density at radius 3 is 2.67 bits per heavy atom. The SMILES string of the molecule is CC(CNC(=O)CC(N)c1ccccc1)N1CCOCC1. The van der Waals surface area contributed by atoms with Crippen LogP contribution in [0.1, 0.15) is 24.9 Å². The monoisotopic (exact) mass is 291 g/mol. The molecule has 1 aliphatic heterocycles. The fraction of sp³-hybridized carbons (Fsp3) is 0.562. The molecule has 2 atom stereocenters. The molecule has 3 N–H and O–H groups in total. The highest BCUT2D eigenvalue weighted by atomic mass is 16.5. The fourth-order valence-electron chi connectivity index (χ4n) is 2.50. The normalized spacial score (nSPS) is 19.0. The summed E-state index contributed by atoms with van der Waals surface area (Å²) in [7, 11) is 0. The maximum absolute atomic E-state index is 12.0. The minimum Gasteiger partial charge on any atom is -0.379 e. The summed E-state index contributed by atoms with van der Waals surface area (Å²) < 4.78 is 5.33. The van der Waals surface area contributed by atoms with Gasteiger partial charge in [-0.1, -0.05) is 30.3 Å². The van der Waals surface area contributed by atoms with Crippen LogP contribution in [-0.2, 0) is 9.53 Å². The van der Waals surface area contributed by atoms with E-state index in [-0.39, 0.29) is 11.9 Å². The lowest BCUT2D eigenvalue weighted by atomic mass is 10.0. The van der Waals surface area contributed by atoms with Crippen molar-refractivity contribution < 1.29 is 9.53 Å². The highest BCUT2D eigenvalue weighted by Gasteiger charge is 2.18. The van der Waals surface area contributed by atoms with Crippen LogP contribution < -0.4 is 11.1 Å².